The molecule has 1 saturated heterocycles. The zero-order chi connectivity index (χ0) is 12.4. The van der Waals surface area contributed by atoms with Crippen molar-refractivity contribution in [3.05, 3.63) is 5.82 Å². The molecule has 1 aliphatic heterocycles. The lowest BCUT2D eigenvalue weighted by Crippen LogP contribution is -2.49. The molecule has 2 atom stereocenters. The van der Waals surface area contributed by atoms with Crippen molar-refractivity contribution in [2.45, 2.75) is 39.7 Å². The van der Waals surface area contributed by atoms with Crippen molar-refractivity contribution in [2.75, 3.05) is 24.5 Å². The van der Waals surface area contributed by atoms with Crippen molar-refractivity contribution in [3.63, 3.8) is 0 Å². The zero-order valence-corrected chi connectivity index (χ0v) is 11.2. The number of nitrogens with one attached hydrogen (secondary N) is 2. The van der Waals surface area contributed by atoms with Crippen LogP contribution in [0.5, 0.6) is 0 Å². The van der Waals surface area contributed by atoms with E-state index in [1.54, 1.807) is 0 Å². The van der Waals surface area contributed by atoms with Crippen LogP contribution in [0.25, 0.3) is 0 Å². The third kappa shape index (κ3) is 2.77. The van der Waals surface area contributed by atoms with Gasteiger partial charge in [0.15, 0.2) is 0 Å². The van der Waals surface area contributed by atoms with E-state index in [2.05, 4.69) is 53.1 Å². The minimum atomic E-state index is 0.427. The number of hydrogen-bond acceptors (Lipinski definition) is 4. The summed E-state index contributed by atoms with van der Waals surface area (Å²) in [4.78, 5) is 6.87. The lowest BCUT2D eigenvalue weighted by molar-refractivity contribution is 0.479. The Hall–Kier alpha value is -1.10. The first-order valence-corrected chi connectivity index (χ1v) is 6.48. The predicted octanol–water partition coefficient (Wildman–Crippen LogP) is 1.36. The standard InChI is InChI=1S/C12H23N5/c1-8(2)10(4)11-14-12(16-15-11)17-6-5-13-9(3)7-17/h8-10,13H,5-7H2,1-4H3,(H,14,15,16)/t9-,10?/m1/s1. The fourth-order valence-corrected chi connectivity index (χ4v) is 2.04. The highest BCUT2D eigenvalue weighted by molar-refractivity contribution is 5.30. The van der Waals surface area contributed by atoms with Gasteiger partial charge in [0.1, 0.15) is 5.82 Å². The maximum atomic E-state index is 4.62. The number of piperazine rings is 1. The molecule has 2 heterocycles. The summed E-state index contributed by atoms with van der Waals surface area (Å²) in [5.41, 5.74) is 0. The first-order chi connectivity index (χ1) is 8.08. The molecule has 1 aliphatic rings. The van der Waals surface area contributed by atoms with Crippen LogP contribution in [-0.2, 0) is 0 Å². The molecule has 1 aromatic rings. The van der Waals surface area contributed by atoms with E-state index < -0.39 is 0 Å². The van der Waals surface area contributed by atoms with E-state index in [1.807, 2.05) is 0 Å². The maximum absolute atomic E-state index is 4.62. The Labute approximate surface area is 103 Å². The Bertz CT molecular complexity index is 360. The lowest BCUT2D eigenvalue weighted by Gasteiger charge is -2.30. The van der Waals surface area contributed by atoms with Gasteiger partial charge in [0.25, 0.3) is 0 Å². The predicted molar refractivity (Wildman–Crippen MR) is 69.3 cm³/mol. The summed E-state index contributed by atoms with van der Waals surface area (Å²) in [7, 11) is 0. The Morgan fingerprint density at radius 2 is 2.12 bits per heavy atom. The molecule has 0 bridgehead atoms. The zero-order valence-electron chi connectivity index (χ0n) is 11.2. The van der Waals surface area contributed by atoms with E-state index in [-0.39, 0.29) is 0 Å². The van der Waals surface area contributed by atoms with Gasteiger partial charge in [0.2, 0.25) is 5.95 Å². The molecule has 17 heavy (non-hydrogen) atoms. The van der Waals surface area contributed by atoms with Gasteiger partial charge < -0.3 is 10.2 Å². The van der Waals surface area contributed by atoms with E-state index in [9.17, 15) is 0 Å². The van der Waals surface area contributed by atoms with E-state index in [0.717, 1.165) is 31.4 Å². The minimum Gasteiger partial charge on any atom is -0.337 e. The van der Waals surface area contributed by atoms with Crippen molar-refractivity contribution in [1.29, 1.82) is 0 Å². The number of nitrogens with zero attached hydrogens (tertiary/aromatic N) is 3. The van der Waals surface area contributed by atoms with E-state index in [1.165, 1.54) is 0 Å². The average Bonchev–Trinajstić information content (AvgIpc) is 2.77. The van der Waals surface area contributed by atoms with Crippen LogP contribution >= 0.6 is 0 Å². The van der Waals surface area contributed by atoms with Crippen molar-refractivity contribution in [3.8, 4) is 0 Å². The summed E-state index contributed by atoms with van der Waals surface area (Å²) >= 11 is 0. The van der Waals surface area contributed by atoms with Crippen LogP contribution < -0.4 is 10.2 Å². The molecule has 0 radical (unpaired) electrons. The first kappa shape index (κ1) is 12.4. The van der Waals surface area contributed by atoms with Gasteiger partial charge >= 0.3 is 0 Å². The van der Waals surface area contributed by atoms with Crippen molar-refractivity contribution in [2.24, 2.45) is 5.92 Å². The Kier molecular flexibility index (Phi) is 3.66. The topological polar surface area (TPSA) is 56.8 Å². The number of rotatable bonds is 3. The number of aromatic nitrogens is 3. The van der Waals surface area contributed by atoms with Gasteiger partial charge in [0, 0.05) is 31.6 Å². The SMILES string of the molecule is CC(C)C(C)c1nc(N2CCN[C@H](C)C2)n[nH]1. The summed E-state index contributed by atoms with van der Waals surface area (Å²) in [6, 6.07) is 0.508. The number of aromatic amines is 1. The molecule has 0 spiro atoms. The second-order valence-electron chi connectivity index (χ2n) is 5.35. The van der Waals surface area contributed by atoms with Gasteiger partial charge in [-0.25, -0.2) is 0 Å². The van der Waals surface area contributed by atoms with Gasteiger partial charge in [-0.2, -0.15) is 4.98 Å². The van der Waals surface area contributed by atoms with Crippen LogP contribution in [-0.4, -0.2) is 40.9 Å². The van der Waals surface area contributed by atoms with E-state index in [4.69, 9.17) is 0 Å². The summed E-state index contributed by atoms with van der Waals surface area (Å²) in [5, 5.41) is 10.8. The molecule has 0 saturated carbocycles. The molecular weight excluding hydrogens is 214 g/mol. The van der Waals surface area contributed by atoms with Crippen LogP contribution in [0.1, 0.15) is 39.4 Å². The fraction of sp³-hybridized carbons (Fsp3) is 0.833. The van der Waals surface area contributed by atoms with E-state index >= 15 is 0 Å². The Balaban J connectivity index is 2.07. The summed E-state index contributed by atoms with van der Waals surface area (Å²) in [6.07, 6.45) is 0. The van der Waals surface area contributed by atoms with Crippen LogP contribution in [0.4, 0.5) is 5.95 Å². The van der Waals surface area contributed by atoms with Crippen LogP contribution in [0.2, 0.25) is 0 Å². The van der Waals surface area contributed by atoms with E-state index in [0.29, 0.717) is 17.9 Å². The van der Waals surface area contributed by atoms with Gasteiger partial charge in [-0.15, -0.1) is 5.10 Å². The number of hydrogen-bond donors (Lipinski definition) is 2. The molecule has 0 aromatic carbocycles. The molecule has 2 rings (SSSR count). The van der Waals surface area contributed by atoms with Gasteiger partial charge in [-0.1, -0.05) is 20.8 Å². The van der Waals surface area contributed by atoms with Crippen LogP contribution in [0.15, 0.2) is 0 Å². The normalized spacial score (nSPS) is 23.1. The second kappa shape index (κ2) is 5.04. The quantitative estimate of drug-likeness (QED) is 0.833. The summed E-state index contributed by atoms with van der Waals surface area (Å²) in [6.45, 7) is 11.8. The highest BCUT2D eigenvalue weighted by atomic mass is 15.4. The molecule has 2 N–H and O–H groups in total. The molecule has 5 heteroatoms. The lowest BCUT2D eigenvalue weighted by atomic mass is 9.98. The molecule has 0 aliphatic carbocycles. The van der Waals surface area contributed by atoms with Gasteiger partial charge in [-0.3, -0.25) is 5.10 Å². The van der Waals surface area contributed by atoms with Crippen molar-refractivity contribution < 1.29 is 0 Å². The molecule has 1 unspecified atom stereocenters. The molecule has 96 valence electrons. The van der Waals surface area contributed by atoms with Gasteiger partial charge in [0.05, 0.1) is 0 Å². The number of H-pyrrole nitrogens is 1. The van der Waals surface area contributed by atoms with Crippen LogP contribution in [0, 0.1) is 5.92 Å². The molecule has 1 aromatic heterocycles. The molecule has 5 nitrogen and oxygen atoms in total. The second-order valence-corrected chi connectivity index (χ2v) is 5.35. The average molecular weight is 237 g/mol. The molecule has 1 fully saturated rings. The fourth-order valence-electron chi connectivity index (χ4n) is 2.04. The Morgan fingerprint density at radius 1 is 1.35 bits per heavy atom. The first-order valence-electron chi connectivity index (χ1n) is 6.48. The van der Waals surface area contributed by atoms with Crippen LogP contribution in [0.3, 0.4) is 0 Å². The monoisotopic (exact) mass is 237 g/mol. The third-order valence-electron chi connectivity index (χ3n) is 3.57. The number of anilines is 1. The smallest absolute Gasteiger partial charge is 0.244 e. The molecule has 0 amide bonds. The summed E-state index contributed by atoms with van der Waals surface area (Å²) in [5.74, 6) is 2.86. The largest absolute Gasteiger partial charge is 0.337 e. The van der Waals surface area contributed by atoms with Crippen molar-refractivity contribution >= 4 is 5.95 Å². The summed E-state index contributed by atoms with van der Waals surface area (Å²) < 4.78 is 0. The maximum Gasteiger partial charge on any atom is 0.244 e. The minimum absolute atomic E-state index is 0.427. The highest BCUT2D eigenvalue weighted by Gasteiger charge is 2.21. The molecular formula is C12H23N5. The van der Waals surface area contributed by atoms with Crippen molar-refractivity contribution in [1.82, 2.24) is 20.5 Å². The third-order valence-corrected chi connectivity index (χ3v) is 3.57. The highest BCUT2D eigenvalue weighted by Crippen LogP contribution is 2.21. The van der Waals surface area contributed by atoms with Gasteiger partial charge in [-0.05, 0) is 12.8 Å². The Morgan fingerprint density at radius 3 is 2.76 bits per heavy atom.